The first kappa shape index (κ1) is 15.3. The summed E-state index contributed by atoms with van der Waals surface area (Å²) in [5, 5.41) is 0.195. The van der Waals surface area contributed by atoms with Gasteiger partial charge in [0.25, 0.3) is 0 Å². The molecule has 0 radical (unpaired) electrons. The zero-order valence-electron chi connectivity index (χ0n) is 10.8. The molecule has 0 amide bonds. The van der Waals surface area contributed by atoms with Crippen LogP contribution in [0.3, 0.4) is 0 Å². The van der Waals surface area contributed by atoms with Gasteiger partial charge in [0.2, 0.25) is 10.0 Å². The van der Waals surface area contributed by atoms with Gasteiger partial charge < -0.3 is 5.73 Å². The maximum absolute atomic E-state index is 12.2. The monoisotopic (exact) mass is 290 g/mol. The lowest BCUT2D eigenvalue weighted by atomic mass is 10.2. The van der Waals surface area contributed by atoms with E-state index < -0.39 is 10.0 Å². The van der Waals surface area contributed by atoms with Crippen molar-refractivity contribution in [2.75, 3.05) is 5.73 Å². The Morgan fingerprint density at radius 2 is 1.89 bits per heavy atom. The lowest BCUT2D eigenvalue weighted by Gasteiger charge is -2.16. The molecule has 0 saturated carbocycles. The highest BCUT2D eigenvalue weighted by Crippen LogP contribution is 2.27. The molecule has 0 saturated heterocycles. The summed E-state index contributed by atoms with van der Waals surface area (Å²) in [5.41, 5.74) is 6.92. The SMILES string of the molecule is CCC(CC)NS(=O)(=O)c1cc(N)c(C)cc1Cl. The maximum Gasteiger partial charge on any atom is 0.242 e. The van der Waals surface area contributed by atoms with Gasteiger partial charge in [-0.1, -0.05) is 25.4 Å². The van der Waals surface area contributed by atoms with E-state index in [1.54, 1.807) is 13.0 Å². The van der Waals surface area contributed by atoms with E-state index in [0.29, 0.717) is 5.69 Å². The minimum absolute atomic E-state index is 0.0409. The minimum Gasteiger partial charge on any atom is -0.398 e. The molecular weight excluding hydrogens is 272 g/mol. The number of halogens is 1. The van der Waals surface area contributed by atoms with Crippen molar-refractivity contribution in [2.45, 2.75) is 44.6 Å². The Bertz CT molecular complexity index is 525. The molecule has 0 aliphatic heterocycles. The van der Waals surface area contributed by atoms with Crippen LogP contribution in [0.2, 0.25) is 5.02 Å². The second kappa shape index (κ2) is 5.91. The van der Waals surface area contributed by atoms with Crippen molar-refractivity contribution in [2.24, 2.45) is 0 Å². The average molecular weight is 291 g/mol. The van der Waals surface area contributed by atoms with Crippen LogP contribution in [0.15, 0.2) is 17.0 Å². The van der Waals surface area contributed by atoms with Crippen molar-refractivity contribution in [3.05, 3.63) is 22.7 Å². The largest absolute Gasteiger partial charge is 0.398 e. The second-order valence-corrected chi connectivity index (χ2v) is 6.36. The third-order valence-electron chi connectivity index (χ3n) is 2.92. The smallest absolute Gasteiger partial charge is 0.242 e. The number of benzene rings is 1. The van der Waals surface area contributed by atoms with Gasteiger partial charge in [0.05, 0.1) is 5.02 Å². The van der Waals surface area contributed by atoms with Crippen LogP contribution in [0.1, 0.15) is 32.3 Å². The molecular formula is C12H19ClN2O2S. The van der Waals surface area contributed by atoms with Gasteiger partial charge in [-0.15, -0.1) is 0 Å². The predicted octanol–water partition coefficient (Wildman–Crippen LogP) is 2.70. The van der Waals surface area contributed by atoms with E-state index in [1.807, 2.05) is 13.8 Å². The number of anilines is 1. The Hall–Kier alpha value is -0.780. The van der Waals surface area contributed by atoms with Crippen molar-refractivity contribution in [3.8, 4) is 0 Å². The number of nitrogen functional groups attached to an aromatic ring is 1. The highest BCUT2D eigenvalue weighted by molar-refractivity contribution is 7.89. The molecule has 3 N–H and O–H groups in total. The molecule has 4 nitrogen and oxygen atoms in total. The van der Waals surface area contributed by atoms with Crippen LogP contribution in [0.5, 0.6) is 0 Å². The lowest BCUT2D eigenvalue weighted by Crippen LogP contribution is -2.34. The van der Waals surface area contributed by atoms with Crippen LogP contribution in [0.4, 0.5) is 5.69 Å². The van der Waals surface area contributed by atoms with Gasteiger partial charge in [-0.2, -0.15) is 0 Å². The molecule has 0 aliphatic rings. The average Bonchev–Trinajstić information content (AvgIpc) is 2.30. The fraction of sp³-hybridized carbons (Fsp3) is 0.500. The van der Waals surface area contributed by atoms with Crippen LogP contribution in [-0.4, -0.2) is 14.5 Å². The molecule has 6 heteroatoms. The Labute approximate surface area is 114 Å². The normalized spacial score (nSPS) is 12.1. The fourth-order valence-corrected chi connectivity index (χ4v) is 3.63. The Morgan fingerprint density at radius 3 is 2.39 bits per heavy atom. The quantitative estimate of drug-likeness (QED) is 0.819. The van der Waals surface area contributed by atoms with Gasteiger partial charge in [-0.25, -0.2) is 13.1 Å². The molecule has 0 heterocycles. The number of sulfonamides is 1. The third kappa shape index (κ3) is 3.37. The first-order valence-corrected chi connectivity index (χ1v) is 7.75. The standard InChI is InChI=1S/C12H19ClN2O2S/c1-4-9(5-2)15-18(16,17)12-7-11(14)8(3)6-10(12)13/h6-7,9,15H,4-5,14H2,1-3H3. The summed E-state index contributed by atoms with van der Waals surface area (Å²) in [6, 6.07) is 2.88. The van der Waals surface area contributed by atoms with Crippen LogP contribution < -0.4 is 10.5 Å². The van der Waals surface area contributed by atoms with E-state index in [2.05, 4.69) is 4.72 Å². The van der Waals surface area contributed by atoms with Gasteiger partial charge in [-0.05, 0) is 37.5 Å². The van der Waals surface area contributed by atoms with Gasteiger partial charge in [-0.3, -0.25) is 0 Å². The molecule has 0 bridgehead atoms. The lowest BCUT2D eigenvalue weighted by molar-refractivity contribution is 0.530. The number of rotatable bonds is 5. The summed E-state index contributed by atoms with van der Waals surface area (Å²) in [4.78, 5) is 0.0409. The van der Waals surface area contributed by atoms with Crippen LogP contribution in [-0.2, 0) is 10.0 Å². The molecule has 1 aromatic rings. The van der Waals surface area contributed by atoms with Crippen molar-refractivity contribution in [3.63, 3.8) is 0 Å². The number of nitrogens with one attached hydrogen (secondary N) is 1. The molecule has 18 heavy (non-hydrogen) atoms. The first-order valence-electron chi connectivity index (χ1n) is 5.89. The summed E-state index contributed by atoms with van der Waals surface area (Å²) in [6.45, 7) is 5.65. The Morgan fingerprint density at radius 1 is 1.33 bits per heavy atom. The van der Waals surface area contributed by atoms with E-state index in [0.717, 1.165) is 18.4 Å². The molecule has 0 aromatic heterocycles. The van der Waals surface area contributed by atoms with Gasteiger partial charge in [0, 0.05) is 11.7 Å². The van der Waals surface area contributed by atoms with Crippen molar-refractivity contribution in [1.82, 2.24) is 4.72 Å². The maximum atomic E-state index is 12.2. The number of hydrogen-bond donors (Lipinski definition) is 2. The second-order valence-electron chi connectivity index (χ2n) is 4.27. The Kier molecular flexibility index (Phi) is 5.01. The van der Waals surface area contributed by atoms with E-state index in [4.69, 9.17) is 17.3 Å². The van der Waals surface area contributed by atoms with Gasteiger partial charge in [0.1, 0.15) is 4.90 Å². The van der Waals surface area contributed by atoms with Crippen molar-refractivity contribution >= 4 is 27.3 Å². The fourth-order valence-electron chi connectivity index (χ4n) is 1.61. The summed E-state index contributed by atoms with van der Waals surface area (Å²) < 4.78 is 27.0. The summed E-state index contributed by atoms with van der Waals surface area (Å²) in [7, 11) is -3.62. The molecule has 102 valence electrons. The van der Waals surface area contributed by atoms with E-state index >= 15 is 0 Å². The number of nitrogens with two attached hydrogens (primary N) is 1. The summed E-state index contributed by atoms with van der Waals surface area (Å²) in [6.07, 6.45) is 1.46. The zero-order valence-corrected chi connectivity index (χ0v) is 12.4. The van der Waals surface area contributed by atoms with Crippen molar-refractivity contribution < 1.29 is 8.42 Å². The van der Waals surface area contributed by atoms with E-state index in [9.17, 15) is 8.42 Å². The van der Waals surface area contributed by atoms with Crippen LogP contribution in [0, 0.1) is 6.92 Å². The molecule has 0 unspecified atom stereocenters. The van der Waals surface area contributed by atoms with Gasteiger partial charge >= 0.3 is 0 Å². The van der Waals surface area contributed by atoms with Crippen LogP contribution in [0.25, 0.3) is 0 Å². The van der Waals surface area contributed by atoms with E-state index in [1.165, 1.54) is 6.07 Å². The topological polar surface area (TPSA) is 72.2 Å². The molecule has 1 rings (SSSR count). The van der Waals surface area contributed by atoms with E-state index in [-0.39, 0.29) is 16.0 Å². The minimum atomic E-state index is -3.62. The van der Waals surface area contributed by atoms with Crippen LogP contribution >= 0.6 is 11.6 Å². The molecule has 0 atom stereocenters. The first-order chi connectivity index (χ1) is 8.31. The molecule has 0 fully saturated rings. The predicted molar refractivity (Wildman–Crippen MR) is 75.3 cm³/mol. The third-order valence-corrected chi connectivity index (χ3v) is 4.90. The summed E-state index contributed by atoms with van der Waals surface area (Å²) >= 11 is 5.98. The number of aryl methyl sites for hydroxylation is 1. The Balaban J connectivity index is 3.16. The molecule has 1 aromatic carbocycles. The number of hydrogen-bond acceptors (Lipinski definition) is 3. The highest BCUT2D eigenvalue weighted by atomic mass is 35.5. The molecule has 0 spiro atoms. The highest BCUT2D eigenvalue weighted by Gasteiger charge is 2.21. The van der Waals surface area contributed by atoms with Gasteiger partial charge in [0.15, 0.2) is 0 Å². The zero-order chi connectivity index (χ0) is 13.9. The summed E-state index contributed by atoms with van der Waals surface area (Å²) in [5.74, 6) is 0. The van der Waals surface area contributed by atoms with Crippen molar-refractivity contribution in [1.29, 1.82) is 0 Å². The molecule has 0 aliphatic carbocycles.